The summed E-state index contributed by atoms with van der Waals surface area (Å²) in [7, 11) is 0. The van der Waals surface area contributed by atoms with Gasteiger partial charge in [0, 0.05) is 44.1 Å². The van der Waals surface area contributed by atoms with Crippen LogP contribution in [-0.2, 0) is 9.47 Å². The maximum absolute atomic E-state index is 13.7. The summed E-state index contributed by atoms with van der Waals surface area (Å²) in [4.78, 5) is 22.5. The van der Waals surface area contributed by atoms with Gasteiger partial charge in [-0.25, -0.2) is 0 Å². The second-order valence-electron chi connectivity index (χ2n) is 7.20. The van der Waals surface area contributed by atoms with Gasteiger partial charge in [-0.1, -0.05) is 30.3 Å². The van der Waals surface area contributed by atoms with Gasteiger partial charge in [0.1, 0.15) is 0 Å². The van der Waals surface area contributed by atoms with Crippen molar-refractivity contribution in [3.63, 3.8) is 0 Å². The molecule has 2 aliphatic heterocycles. The lowest BCUT2D eigenvalue weighted by Gasteiger charge is -2.44. The molecule has 2 fully saturated rings. The SMILES string of the molecule is O=C(c1ccncc1)[C@H]([C@H](c1ccccc1)N1CCOCC1)N1CCOCC1. The number of hydrogen-bond acceptors (Lipinski definition) is 6. The van der Waals surface area contributed by atoms with E-state index in [1.807, 2.05) is 18.2 Å². The van der Waals surface area contributed by atoms with Gasteiger partial charge in [0.2, 0.25) is 0 Å². The van der Waals surface area contributed by atoms with Crippen LogP contribution in [0.4, 0.5) is 0 Å². The predicted octanol–water partition coefficient (Wildman–Crippen LogP) is 2.04. The first-order chi connectivity index (χ1) is 13.8. The maximum atomic E-state index is 13.7. The Morgan fingerprint density at radius 2 is 1.39 bits per heavy atom. The average Bonchev–Trinajstić information content (AvgIpc) is 2.79. The molecule has 0 spiro atoms. The van der Waals surface area contributed by atoms with Gasteiger partial charge in [0.05, 0.1) is 38.5 Å². The predicted molar refractivity (Wildman–Crippen MR) is 106 cm³/mol. The molecule has 4 rings (SSSR count). The van der Waals surface area contributed by atoms with Crippen LogP contribution in [-0.4, -0.2) is 79.2 Å². The van der Waals surface area contributed by atoms with E-state index in [1.165, 1.54) is 5.56 Å². The fourth-order valence-corrected chi connectivity index (χ4v) is 4.15. The van der Waals surface area contributed by atoms with Crippen molar-refractivity contribution in [3.05, 3.63) is 66.0 Å². The van der Waals surface area contributed by atoms with Crippen molar-refractivity contribution < 1.29 is 14.3 Å². The van der Waals surface area contributed by atoms with Crippen LogP contribution in [0.1, 0.15) is 22.0 Å². The first kappa shape index (κ1) is 19.2. The molecule has 0 amide bonds. The molecule has 148 valence electrons. The molecular formula is C22H27N3O3. The Bertz CT molecular complexity index is 744. The molecule has 2 aromatic rings. The topological polar surface area (TPSA) is 54.9 Å². The van der Waals surface area contributed by atoms with Crippen molar-refractivity contribution in [1.29, 1.82) is 0 Å². The van der Waals surface area contributed by atoms with Gasteiger partial charge in [-0.3, -0.25) is 19.6 Å². The lowest BCUT2D eigenvalue weighted by molar-refractivity contribution is -0.0301. The molecule has 2 saturated heterocycles. The summed E-state index contributed by atoms with van der Waals surface area (Å²) in [6.07, 6.45) is 3.38. The third-order valence-corrected chi connectivity index (χ3v) is 5.55. The van der Waals surface area contributed by atoms with Crippen LogP contribution in [0.25, 0.3) is 0 Å². The van der Waals surface area contributed by atoms with Crippen molar-refractivity contribution in [3.8, 4) is 0 Å². The van der Waals surface area contributed by atoms with E-state index >= 15 is 0 Å². The van der Waals surface area contributed by atoms with E-state index in [2.05, 4.69) is 39.0 Å². The van der Waals surface area contributed by atoms with Crippen molar-refractivity contribution >= 4 is 5.78 Å². The lowest BCUT2D eigenvalue weighted by atomic mass is 9.89. The molecule has 2 atom stereocenters. The average molecular weight is 381 g/mol. The van der Waals surface area contributed by atoms with E-state index in [4.69, 9.17) is 9.47 Å². The Morgan fingerprint density at radius 1 is 0.821 bits per heavy atom. The molecule has 6 nitrogen and oxygen atoms in total. The van der Waals surface area contributed by atoms with E-state index in [0.717, 1.165) is 26.2 Å². The summed E-state index contributed by atoms with van der Waals surface area (Å²) in [5, 5.41) is 0. The number of Topliss-reactive ketones (excluding diaryl/α,β-unsaturated/α-hetero) is 1. The number of aromatic nitrogens is 1. The van der Waals surface area contributed by atoms with Crippen LogP contribution >= 0.6 is 0 Å². The largest absolute Gasteiger partial charge is 0.379 e. The Morgan fingerprint density at radius 3 is 2.00 bits per heavy atom. The Hall–Kier alpha value is -2.12. The van der Waals surface area contributed by atoms with Gasteiger partial charge in [-0.2, -0.15) is 0 Å². The standard InChI is InChI=1S/C22H27N3O3/c26-22(19-6-8-23-9-7-19)21(25-12-16-28-17-13-25)20(18-4-2-1-3-5-18)24-10-14-27-15-11-24/h1-9,20-21H,10-17H2/t20-,21-/m0/s1. The third kappa shape index (κ3) is 4.31. The van der Waals surface area contributed by atoms with Crippen molar-refractivity contribution in [2.75, 3.05) is 52.6 Å². The Balaban J connectivity index is 1.74. The Kier molecular flexibility index (Phi) is 6.44. The Labute approximate surface area is 166 Å². The van der Waals surface area contributed by atoms with Gasteiger partial charge in [0.15, 0.2) is 5.78 Å². The number of carbonyl (C=O) groups excluding carboxylic acids is 1. The van der Waals surface area contributed by atoms with Gasteiger partial charge in [-0.05, 0) is 17.7 Å². The number of morpholine rings is 2. The van der Waals surface area contributed by atoms with E-state index in [9.17, 15) is 4.79 Å². The molecule has 1 aromatic carbocycles. The van der Waals surface area contributed by atoms with Crippen molar-refractivity contribution in [1.82, 2.24) is 14.8 Å². The minimum absolute atomic E-state index is 0.0242. The maximum Gasteiger partial charge on any atom is 0.182 e. The van der Waals surface area contributed by atoms with Crippen LogP contribution < -0.4 is 0 Å². The molecule has 0 unspecified atom stereocenters. The molecule has 3 heterocycles. The lowest BCUT2D eigenvalue weighted by Crippen LogP contribution is -2.55. The molecule has 0 N–H and O–H groups in total. The number of carbonyl (C=O) groups is 1. The molecule has 28 heavy (non-hydrogen) atoms. The minimum atomic E-state index is -0.271. The summed E-state index contributed by atoms with van der Waals surface area (Å²) < 4.78 is 11.2. The van der Waals surface area contributed by atoms with Crippen LogP contribution in [0, 0.1) is 0 Å². The molecule has 0 radical (unpaired) electrons. The second kappa shape index (κ2) is 9.39. The fraction of sp³-hybridized carbons (Fsp3) is 0.455. The van der Waals surface area contributed by atoms with Gasteiger partial charge in [0.25, 0.3) is 0 Å². The van der Waals surface area contributed by atoms with Crippen LogP contribution in [0.2, 0.25) is 0 Å². The molecule has 6 heteroatoms. The zero-order valence-electron chi connectivity index (χ0n) is 16.1. The number of pyridine rings is 1. The van der Waals surface area contributed by atoms with Gasteiger partial charge in [-0.15, -0.1) is 0 Å². The number of ketones is 1. The third-order valence-electron chi connectivity index (χ3n) is 5.55. The molecular weight excluding hydrogens is 354 g/mol. The number of nitrogens with zero attached hydrogens (tertiary/aromatic N) is 3. The normalized spacial score (nSPS) is 21.1. The second-order valence-corrected chi connectivity index (χ2v) is 7.20. The van der Waals surface area contributed by atoms with Crippen molar-refractivity contribution in [2.45, 2.75) is 12.1 Å². The van der Waals surface area contributed by atoms with E-state index < -0.39 is 0 Å². The molecule has 2 aliphatic rings. The minimum Gasteiger partial charge on any atom is -0.379 e. The number of benzene rings is 1. The zero-order chi connectivity index (χ0) is 19.2. The number of rotatable bonds is 6. The summed E-state index contributed by atoms with van der Waals surface area (Å²) in [5.41, 5.74) is 1.88. The highest BCUT2D eigenvalue weighted by molar-refractivity contribution is 6.00. The summed E-state index contributed by atoms with van der Waals surface area (Å²) >= 11 is 0. The van der Waals surface area contributed by atoms with Crippen LogP contribution in [0.3, 0.4) is 0 Å². The first-order valence-electron chi connectivity index (χ1n) is 9.97. The highest BCUT2D eigenvalue weighted by Crippen LogP contribution is 2.31. The monoisotopic (exact) mass is 381 g/mol. The number of ether oxygens (including phenoxy) is 2. The van der Waals surface area contributed by atoms with E-state index in [1.54, 1.807) is 12.4 Å². The van der Waals surface area contributed by atoms with Crippen LogP contribution in [0.15, 0.2) is 54.9 Å². The zero-order valence-corrected chi connectivity index (χ0v) is 16.1. The summed E-state index contributed by atoms with van der Waals surface area (Å²) in [6.45, 7) is 5.87. The van der Waals surface area contributed by atoms with Crippen LogP contribution in [0.5, 0.6) is 0 Å². The molecule has 0 saturated carbocycles. The summed E-state index contributed by atoms with van der Waals surface area (Å²) in [5.74, 6) is 0.143. The highest BCUT2D eigenvalue weighted by Gasteiger charge is 2.39. The fourth-order valence-electron chi connectivity index (χ4n) is 4.15. The van der Waals surface area contributed by atoms with E-state index in [-0.39, 0.29) is 17.9 Å². The summed E-state index contributed by atoms with van der Waals surface area (Å²) in [6, 6.07) is 13.7. The van der Waals surface area contributed by atoms with Crippen molar-refractivity contribution in [2.24, 2.45) is 0 Å². The quantitative estimate of drug-likeness (QED) is 0.714. The molecule has 0 aliphatic carbocycles. The first-order valence-corrected chi connectivity index (χ1v) is 9.97. The number of hydrogen-bond donors (Lipinski definition) is 0. The molecule has 1 aromatic heterocycles. The van der Waals surface area contributed by atoms with Gasteiger partial charge >= 0.3 is 0 Å². The van der Waals surface area contributed by atoms with Gasteiger partial charge < -0.3 is 9.47 Å². The smallest absolute Gasteiger partial charge is 0.182 e. The molecule has 0 bridgehead atoms. The highest BCUT2D eigenvalue weighted by atomic mass is 16.5. The van der Waals surface area contributed by atoms with E-state index in [0.29, 0.717) is 32.0 Å².